The van der Waals surface area contributed by atoms with Gasteiger partial charge < -0.3 is 9.80 Å². The molecule has 2 fully saturated rings. The van der Waals surface area contributed by atoms with Crippen LogP contribution in [-0.4, -0.2) is 74.4 Å². The van der Waals surface area contributed by atoms with Gasteiger partial charge >= 0.3 is 0 Å². The molecule has 2 N–H and O–H groups in total. The second-order valence-corrected chi connectivity index (χ2v) is 11.4. The van der Waals surface area contributed by atoms with Gasteiger partial charge in [0.2, 0.25) is 21.8 Å². The number of amides is 3. The number of piperidine rings is 1. The molecule has 0 aromatic heterocycles. The number of fused-ring (bicyclic) bond motifs is 1. The average Bonchev–Trinajstić information content (AvgIpc) is 3.13. The van der Waals surface area contributed by atoms with Crippen LogP contribution in [0.25, 0.3) is 0 Å². The number of rotatable bonds is 6. The predicted octanol–water partition coefficient (Wildman–Crippen LogP) is 1.28. The Labute approximate surface area is 214 Å². The monoisotopic (exact) mass is 529 g/mol. The first-order valence-corrected chi connectivity index (χ1v) is 14.0. The van der Waals surface area contributed by atoms with Crippen molar-refractivity contribution in [2.75, 3.05) is 42.1 Å². The second-order valence-electron chi connectivity index (χ2n) is 9.70. The van der Waals surface area contributed by atoms with E-state index in [1.807, 2.05) is 11.0 Å². The normalized spacial score (nSPS) is 20.7. The van der Waals surface area contributed by atoms with Gasteiger partial charge in [0.25, 0.3) is 5.91 Å². The molecule has 5 rings (SSSR count). The van der Waals surface area contributed by atoms with E-state index in [0.29, 0.717) is 49.7 Å². The largest absolute Gasteiger partial charge is 0.367 e. The molecule has 0 aliphatic carbocycles. The first kappa shape index (κ1) is 25.2. The highest BCUT2D eigenvalue weighted by molar-refractivity contribution is 7.92. The molecule has 1 atom stereocenters. The van der Waals surface area contributed by atoms with Crippen molar-refractivity contribution < 1.29 is 27.2 Å². The van der Waals surface area contributed by atoms with E-state index in [4.69, 9.17) is 0 Å². The number of carbonyl (C=O) groups excluding carboxylic acids is 3. The lowest BCUT2D eigenvalue weighted by atomic mass is 10.0. The number of anilines is 2. The lowest BCUT2D eigenvalue weighted by molar-refractivity contribution is -0.136. The molecule has 2 saturated heterocycles. The molecular weight excluding hydrogens is 501 g/mol. The van der Waals surface area contributed by atoms with E-state index in [9.17, 15) is 22.8 Å². The lowest BCUT2D eigenvalue weighted by Crippen LogP contribution is -2.52. The summed E-state index contributed by atoms with van der Waals surface area (Å²) in [7, 11) is -3.36. The lowest BCUT2D eigenvalue weighted by Gasteiger charge is -2.36. The zero-order valence-corrected chi connectivity index (χ0v) is 21.2. The van der Waals surface area contributed by atoms with Crippen LogP contribution in [0, 0.1) is 5.82 Å². The maximum absolute atomic E-state index is 15.1. The third-order valence-corrected chi connectivity index (χ3v) is 7.55. The Hall–Kier alpha value is -3.51. The van der Waals surface area contributed by atoms with Gasteiger partial charge in [0.15, 0.2) is 0 Å². The fourth-order valence-corrected chi connectivity index (χ4v) is 5.73. The van der Waals surface area contributed by atoms with E-state index in [-0.39, 0.29) is 30.9 Å². The Kier molecular flexibility index (Phi) is 6.63. The van der Waals surface area contributed by atoms with Crippen molar-refractivity contribution in [3.8, 4) is 0 Å². The Morgan fingerprint density at radius 2 is 1.84 bits per heavy atom. The minimum atomic E-state index is -3.36. The van der Waals surface area contributed by atoms with Crippen LogP contribution in [0.4, 0.5) is 15.8 Å². The summed E-state index contributed by atoms with van der Waals surface area (Å²) < 4.78 is 40.6. The number of carbonyl (C=O) groups is 3. The summed E-state index contributed by atoms with van der Waals surface area (Å²) in [6, 6.07) is 9.46. The molecule has 3 aliphatic rings. The summed E-state index contributed by atoms with van der Waals surface area (Å²) in [5.74, 6) is -1.72. The molecule has 2 aromatic rings. The van der Waals surface area contributed by atoms with E-state index >= 15 is 4.39 Å². The van der Waals surface area contributed by atoms with Gasteiger partial charge in [-0.15, -0.1) is 0 Å². The van der Waals surface area contributed by atoms with E-state index in [0.717, 1.165) is 11.8 Å². The molecule has 3 aliphatic heterocycles. The Morgan fingerprint density at radius 3 is 2.54 bits per heavy atom. The summed E-state index contributed by atoms with van der Waals surface area (Å²) in [6.07, 6.45) is 1.53. The van der Waals surface area contributed by atoms with Gasteiger partial charge in [0.1, 0.15) is 11.9 Å². The molecule has 0 spiro atoms. The summed E-state index contributed by atoms with van der Waals surface area (Å²) in [5.41, 5.74) is 2.84. The van der Waals surface area contributed by atoms with Crippen molar-refractivity contribution in [3.05, 3.63) is 58.9 Å². The Bertz CT molecular complexity index is 1370. The molecule has 12 heteroatoms. The van der Waals surface area contributed by atoms with Crippen LogP contribution in [0.3, 0.4) is 0 Å². The summed E-state index contributed by atoms with van der Waals surface area (Å²) in [4.78, 5) is 42.2. The van der Waals surface area contributed by atoms with E-state index in [2.05, 4.69) is 14.9 Å². The maximum Gasteiger partial charge on any atom is 0.255 e. The maximum atomic E-state index is 15.1. The summed E-state index contributed by atoms with van der Waals surface area (Å²) in [6.45, 7) is 3.37. The van der Waals surface area contributed by atoms with Gasteiger partial charge in [0, 0.05) is 56.9 Å². The van der Waals surface area contributed by atoms with Gasteiger partial charge in [-0.05, 0) is 41.8 Å². The minimum Gasteiger partial charge on any atom is -0.367 e. The zero-order valence-electron chi connectivity index (χ0n) is 20.4. The summed E-state index contributed by atoms with van der Waals surface area (Å²) >= 11 is 0. The van der Waals surface area contributed by atoms with Crippen molar-refractivity contribution in [3.63, 3.8) is 0 Å². The fraction of sp³-hybridized carbons (Fsp3) is 0.400. The van der Waals surface area contributed by atoms with Gasteiger partial charge in [-0.1, -0.05) is 12.1 Å². The molecule has 0 radical (unpaired) electrons. The smallest absolute Gasteiger partial charge is 0.255 e. The van der Waals surface area contributed by atoms with Gasteiger partial charge in [-0.25, -0.2) is 12.8 Å². The number of benzene rings is 2. The van der Waals surface area contributed by atoms with Crippen molar-refractivity contribution in [2.24, 2.45) is 0 Å². The molecule has 37 heavy (non-hydrogen) atoms. The standard InChI is InChI=1S/C25H28FN5O5S/c1-37(35,36)28-18-4-2-3-16(11-18)14-29-7-9-30(10-8-29)22-12-17-15-31(25(34)19(17)13-20(22)26)21-5-6-23(32)27-24(21)33/h2-4,11-13,21,28H,5-10,14-15H2,1H3,(H,27,32,33). The van der Waals surface area contributed by atoms with Crippen LogP contribution in [0.5, 0.6) is 0 Å². The van der Waals surface area contributed by atoms with E-state index in [1.54, 1.807) is 24.3 Å². The minimum absolute atomic E-state index is 0.166. The van der Waals surface area contributed by atoms with E-state index < -0.39 is 33.7 Å². The van der Waals surface area contributed by atoms with Crippen LogP contribution in [0.15, 0.2) is 36.4 Å². The first-order chi connectivity index (χ1) is 17.6. The molecule has 0 bridgehead atoms. The molecule has 2 aromatic carbocycles. The number of sulfonamides is 1. The molecule has 3 heterocycles. The third-order valence-electron chi connectivity index (χ3n) is 6.94. The quantitative estimate of drug-likeness (QED) is 0.541. The van der Waals surface area contributed by atoms with Crippen LogP contribution in [0.2, 0.25) is 0 Å². The zero-order chi connectivity index (χ0) is 26.3. The van der Waals surface area contributed by atoms with Crippen molar-refractivity contribution in [1.29, 1.82) is 0 Å². The van der Waals surface area contributed by atoms with Crippen molar-refractivity contribution in [2.45, 2.75) is 32.0 Å². The molecule has 196 valence electrons. The topological polar surface area (TPSA) is 119 Å². The van der Waals surface area contributed by atoms with Crippen LogP contribution in [-0.2, 0) is 32.7 Å². The highest BCUT2D eigenvalue weighted by Crippen LogP contribution is 2.33. The first-order valence-electron chi connectivity index (χ1n) is 12.1. The molecule has 0 saturated carbocycles. The number of halogens is 1. The highest BCUT2D eigenvalue weighted by atomic mass is 32.2. The molecule has 1 unspecified atom stereocenters. The average molecular weight is 530 g/mol. The Balaban J connectivity index is 1.23. The van der Waals surface area contributed by atoms with Gasteiger partial charge in [-0.2, -0.15) is 0 Å². The fourth-order valence-electron chi connectivity index (χ4n) is 5.17. The number of piperazine rings is 1. The van der Waals surface area contributed by atoms with Gasteiger partial charge in [0.05, 0.1) is 11.9 Å². The number of nitrogens with one attached hydrogen (secondary N) is 2. The predicted molar refractivity (Wildman–Crippen MR) is 135 cm³/mol. The molecule has 3 amide bonds. The summed E-state index contributed by atoms with van der Waals surface area (Å²) in [5, 5.41) is 2.27. The van der Waals surface area contributed by atoms with Crippen LogP contribution in [0.1, 0.15) is 34.3 Å². The number of nitrogens with zero attached hydrogens (tertiary/aromatic N) is 3. The SMILES string of the molecule is CS(=O)(=O)Nc1cccc(CN2CCN(c3cc4c(cc3F)C(=O)N(C3CCC(=O)NC3=O)C4)CC2)c1. The third kappa shape index (κ3) is 5.44. The van der Waals surface area contributed by atoms with Gasteiger partial charge in [-0.3, -0.25) is 29.3 Å². The number of hydrogen-bond donors (Lipinski definition) is 2. The van der Waals surface area contributed by atoms with Crippen LogP contribution >= 0.6 is 0 Å². The molecular formula is C25H28FN5O5S. The Morgan fingerprint density at radius 1 is 1.08 bits per heavy atom. The van der Waals surface area contributed by atoms with Crippen LogP contribution < -0.4 is 14.9 Å². The van der Waals surface area contributed by atoms with Crippen molar-refractivity contribution >= 4 is 39.1 Å². The van der Waals surface area contributed by atoms with E-state index in [1.165, 1.54) is 11.0 Å². The second kappa shape index (κ2) is 9.75. The van der Waals surface area contributed by atoms with Crippen molar-refractivity contribution in [1.82, 2.24) is 15.1 Å². The number of hydrogen-bond acceptors (Lipinski definition) is 7. The molecule has 10 nitrogen and oxygen atoms in total. The number of imide groups is 1. The highest BCUT2D eigenvalue weighted by Gasteiger charge is 2.40.